The van der Waals surface area contributed by atoms with Crippen molar-refractivity contribution in [2.45, 2.75) is 19.1 Å². The Morgan fingerprint density at radius 1 is 1.48 bits per heavy atom. The van der Waals surface area contributed by atoms with Gasteiger partial charge in [-0.2, -0.15) is 10.2 Å². The number of aromatic nitrogens is 5. The fraction of sp³-hybridized carbons (Fsp3) is 0.333. The van der Waals surface area contributed by atoms with E-state index in [1.54, 1.807) is 24.0 Å². The molecule has 0 spiro atoms. The summed E-state index contributed by atoms with van der Waals surface area (Å²) in [4.78, 5) is 4.38. The summed E-state index contributed by atoms with van der Waals surface area (Å²) < 4.78 is 12.5. The molecule has 0 bridgehead atoms. The Hall–Kier alpha value is -2.45. The van der Waals surface area contributed by atoms with Crippen molar-refractivity contribution in [1.82, 2.24) is 24.8 Å². The zero-order chi connectivity index (χ0) is 15.6. The van der Waals surface area contributed by atoms with Crippen molar-refractivity contribution in [3.05, 3.63) is 42.3 Å². The zero-order valence-electron chi connectivity index (χ0n) is 12.7. The molecule has 3 aromatic rings. The van der Waals surface area contributed by atoms with Crippen molar-refractivity contribution >= 4 is 17.2 Å². The van der Waals surface area contributed by atoms with Gasteiger partial charge in [-0.05, 0) is 18.9 Å². The molecule has 1 aliphatic heterocycles. The van der Waals surface area contributed by atoms with Crippen LogP contribution in [0.5, 0.6) is 0 Å². The Morgan fingerprint density at radius 3 is 3.26 bits per heavy atom. The van der Waals surface area contributed by atoms with Crippen molar-refractivity contribution in [2.75, 3.05) is 19.0 Å². The van der Waals surface area contributed by atoms with Crippen LogP contribution in [-0.4, -0.2) is 38.5 Å². The highest BCUT2D eigenvalue weighted by Crippen LogP contribution is 2.28. The number of nitrogens with one attached hydrogen (secondary N) is 2. The van der Waals surface area contributed by atoms with E-state index in [0.29, 0.717) is 24.8 Å². The highest BCUT2D eigenvalue weighted by Gasteiger charge is 2.20. The van der Waals surface area contributed by atoms with Gasteiger partial charge in [-0.25, -0.2) is 9.50 Å². The summed E-state index contributed by atoms with van der Waals surface area (Å²) in [6, 6.07) is 3.89. The van der Waals surface area contributed by atoms with Gasteiger partial charge in [0.15, 0.2) is 11.6 Å². The zero-order valence-corrected chi connectivity index (χ0v) is 12.7. The van der Waals surface area contributed by atoms with E-state index in [4.69, 9.17) is 9.47 Å². The molecule has 1 aliphatic rings. The van der Waals surface area contributed by atoms with Crippen LogP contribution in [0.2, 0.25) is 0 Å². The minimum atomic E-state index is 0.0603. The Balaban J connectivity index is 1.59. The van der Waals surface area contributed by atoms with Crippen LogP contribution in [0.25, 0.3) is 5.52 Å². The molecular formula is C15H17N6O2. The average molecular weight is 313 g/mol. The fourth-order valence-electron chi connectivity index (χ4n) is 2.66. The molecule has 119 valence electrons. The molecule has 8 heteroatoms. The van der Waals surface area contributed by atoms with Crippen LogP contribution in [0.1, 0.15) is 23.9 Å². The molecule has 1 atom stereocenters. The van der Waals surface area contributed by atoms with Crippen molar-refractivity contribution in [3.63, 3.8) is 0 Å². The van der Waals surface area contributed by atoms with Gasteiger partial charge in [0, 0.05) is 25.6 Å². The van der Waals surface area contributed by atoms with Gasteiger partial charge in [-0.3, -0.25) is 5.10 Å². The van der Waals surface area contributed by atoms with Crippen LogP contribution in [-0.2, 0) is 16.1 Å². The predicted molar refractivity (Wildman–Crippen MR) is 83.2 cm³/mol. The van der Waals surface area contributed by atoms with E-state index in [2.05, 4.69) is 32.0 Å². The fourth-order valence-corrected chi connectivity index (χ4v) is 2.66. The summed E-state index contributed by atoms with van der Waals surface area (Å²) in [6.07, 6.45) is 6.58. The number of fused-ring (bicyclic) bond motifs is 1. The van der Waals surface area contributed by atoms with E-state index < -0.39 is 0 Å². The second kappa shape index (κ2) is 5.98. The van der Waals surface area contributed by atoms with E-state index in [9.17, 15) is 0 Å². The van der Waals surface area contributed by atoms with E-state index in [0.717, 1.165) is 23.3 Å². The third kappa shape index (κ3) is 2.78. The molecule has 1 radical (unpaired) electrons. The molecule has 4 heterocycles. The lowest BCUT2D eigenvalue weighted by Gasteiger charge is -2.04. The van der Waals surface area contributed by atoms with Crippen LogP contribution < -0.4 is 5.32 Å². The Bertz CT molecular complexity index is 805. The molecule has 4 rings (SSSR count). The maximum Gasteiger partial charge on any atom is 0.157 e. The Kier molecular flexibility index (Phi) is 3.68. The van der Waals surface area contributed by atoms with Gasteiger partial charge in [0.2, 0.25) is 0 Å². The highest BCUT2D eigenvalue weighted by molar-refractivity contribution is 5.72. The predicted octanol–water partition coefficient (Wildman–Crippen LogP) is 2.01. The van der Waals surface area contributed by atoms with Crippen molar-refractivity contribution in [3.8, 4) is 0 Å². The average Bonchev–Trinajstić information content (AvgIpc) is 3.27. The third-order valence-corrected chi connectivity index (χ3v) is 3.72. The van der Waals surface area contributed by atoms with Crippen molar-refractivity contribution in [1.29, 1.82) is 0 Å². The van der Waals surface area contributed by atoms with Crippen LogP contribution >= 0.6 is 0 Å². The smallest absolute Gasteiger partial charge is 0.157 e. The van der Waals surface area contributed by atoms with Gasteiger partial charge in [0.25, 0.3) is 0 Å². The number of H-pyrrole nitrogens is 1. The van der Waals surface area contributed by atoms with Gasteiger partial charge < -0.3 is 14.8 Å². The molecule has 0 saturated carbocycles. The number of aromatic amines is 1. The number of ether oxygens (including phenoxy) is 2. The van der Waals surface area contributed by atoms with Gasteiger partial charge in [0.1, 0.15) is 5.52 Å². The number of methoxy groups -OCH3 is 1. The summed E-state index contributed by atoms with van der Waals surface area (Å²) >= 11 is 0. The van der Waals surface area contributed by atoms with E-state index >= 15 is 0 Å². The molecule has 0 aromatic carbocycles. The van der Waals surface area contributed by atoms with Crippen molar-refractivity contribution in [2.24, 2.45) is 0 Å². The van der Waals surface area contributed by atoms with Gasteiger partial charge in [-0.15, -0.1) is 0 Å². The SMILES string of the molecule is COCc1cc2c(Nc3cc([C@H]4C[CH]CO4)[nH]n3)nccn2n1. The molecule has 0 amide bonds. The first-order valence-electron chi connectivity index (χ1n) is 7.41. The van der Waals surface area contributed by atoms with Crippen LogP contribution in [0.15, 0.2) is 24.5 Å². The third-order valence-electron chi connectivity index (χ3n) is 3.72. The van der Waals surface area contributed by atoms with E-state index in [-0.39, 0.29) is 6.10 Å². The lowest BCUT2D eigenvalue weighted by Crippen LogP contribution is -1.98. The molecule has 8 nitrogen and oxygen atoms in total. The standard InChI is InChI=1S/C15H17N6O2/c1-22-9-10-7-12-15(16-4-5-21(12)20-10)17-14-8-11(18-19-14)13-3-2-6-23-13/h2,4-5,7-8,13H,3,6,9H2,1H3,(H2,16,17,18,19)/t13-/m1/s1. The number of rotatable bonds is 5. The van der Waals surface area contributed by atoms with Crippen molar-refractivity contribution < 1.29 is 9.47 Å². The molecule has 3 aromatic heterocycles. The highest BCUT2D eigenvalue weighted by atomic mass is 16.5. The lowest BCUT2D eigenvalue weighted by molar-refractivity contribution is 0.111. The summed E-state index contributed by atoms with van der Waals surface area (Å²) in [6.45, 7) is 1.15. The Labute approximate surface area is 132 Å². The normalized spacial score (nSPS) is 17.9. The van der Waals surface area contributed by atoms with Gasteiger partial charge in [-0.1, -0.05) is 0 Å². The first-order chi connectivity index (χ1) is 11.3. The second-order valence-electron chi connectivity index (χ2n) is 5.35. The maximum atomic E-state index is 5.60. The molecule has 1 fully saturated rings. The topological polar surface area (TPSA) is 89.4 Å². The molecular weight excluding hydrogens is 296 g/mol. The summed E-state index contributed by atoms with van der Waals surface area (Å²) in [7, 11) is 1.65. The Morgan fingerprint density at radius 2 is 2.43 bits per heavy atom. The van der Waals surface area contributed by atoms with Crippen LogP contribution in [0.4, 0.5) is 11.6 Å². The minimum Gasteiger partial charge on any atom is -0.378 e. The summed E-state index contributed by atoms with van der Waals surface area (Å²) in [5.74, 6) is 1.39. The largest absolute Gasteiger partial charge is 0.378 e. The minimum absolute atomic E-state index is 0.0603. The monoisotopic (exact) mass is 313 g/mol. The number of hydrogen-bond donors (Lipinski definition) is 2. The first kappa shape index (κ1) is 14.2. The first-order valence-corrected chi connectivity index (χ1v) is 7.41. The van der Waals surface area contributed by atoms with Crippen LogP contribution in [0, 0.1) is 6.42 Å². The quantitative estimate of drug-likeness (QED) is 0.749. The van der Waals surface area contributed by atoms with Gasteiger partial charge >= 0.3 is 0 Å². The number of nitrogens with zero attached hydrogens (tertiary/aromatic N) is 4. The van der Waals surface area contributed by atoms with E-state index in [1.807, 2.05) is 12.1 Å². The van der Waals surface area contributed by atoms with Crippen LogP contribution in [0.3, 0.4) is 0 Å². The van der Waals surface area contributed by atoms with E-state index in [1.165, 1.54) is 0 Å². The summed E-state index contributed by atoms with van der Waals surface area (Å²) in [5.41, 5.74) is 2.68. The summed E-state index contributed by atoms with van der Waals surface area (Å²) in [5, 5.41) is 15.0. The maximum absolute atomic E-state index is 5.60. The van der Waals surface area contributed by atoms with Gasteiger partial charge in [0.05, 0.1) is 30.7 Å². The molecule has 2 N–H and O–H groups in total. The molecule has 0 aliphatic carbocycles. The number of anilines is 2. The second-order valence-corrected chi connectivity index (χ2v) is 5.35. The molecule has 1 saturated heterocycles. The number of hydrogen-bond acceptors (Lipinski definition) is 6. The molecule has 23 heavy (non-hydrogen) atoms. The molecule has 0 unspecified atom stereocenters. The lowest BCUT2D eigenvalue weighted by atomic mass is 10.2.